The van der Waals surface area contributed by atoms with Crippen molar-refractivity contribution in [3.8, 4) is 0 Å². The highest BCUT2D eigenvalue weighted by Crippen LogP contribution is 2.57. The lowest BCUT2D eigenvalue weighted by atomic mass is 9.67. The Balaban J connectivity index is 1.91. The van der Waals surface area contributed by atoms with E-state index in [1.165, 1.54) is 25.7 Å². The van der Waals surface area contributed by atoms with Crippen LogP contribution in [-0.4, -0.2) is 5.91 Å². The molecule has 0 spiro atoms. The summed E-state index contributed by atoms with van der Waals surface area (Å²) in [6, 6.07) is 0. The maximum absolute atomic E-state index is 11.3. The third kappa shape index (κ3) is 1.04. The SMILES string of the molecule is NC(=O)C1CC2CC3CC(C2)C1C3. The Kier molecular flexibility index (Phi) is 1.50. The first-order chi connectivity index (χ1) is 6.24. The zero-order chi connectivity index (χ0) is 9.00. The molecular weight excluding hydrogens is 162 g/mol. The number of amides is 1. The molecule has 5 atom stereocenters. The van der Waals surface area contributed by atoms with E-state index in [0.717, 1.165) is 24.2 Å². The van der Waals surface area contributed by atoms with Crippen molar-refractivity contribution < 1.29 is 4.79 Å². The van der Waals surface area contributed by atoms with Crippen LogP contribution < -0.4 is 5.73 Å². The van der Waals surface area contributed by atoms with Gasteiger partial charge in [0.25, 0.3) is 0 Å². The van der Waals surface area contributed by atoms with E-state index in [2.05, 4.69) is 0 Å². The first-order valence-electron chi connectivity index (χ1n) is 5.53. The van der Waals surface area contributed by atoms with Crippen LogP contribution in [0.2, 0.25) is 0 Å². The van der Waals surface area contributed by atoms with E-state index in [4.69, 9.17) is 5.73 Å². The minimum Gasteiger partial charge on any atom is -0.369 e. The molecule has 1 amide bonds. The van der Waals surface area contributed by atoms with Crippen molar-refractivity contribution in [3.05, 3.63) is 0 Å². The Hall–Kier alpha value is -0.530. The predicted molar refractivity (Wildman–Crippen MR) is 49.7 cm³/mol. The zero-order valence-electron chi connectivity index (χ0n) is 7.91. The molecule has 2 nitrogen and oxygen atoms in total. The van der Waals surface area contributed by atoms with E-state index in [9.17, 15) is 4.79 Å². The van der Waals surface area contributed by atoms with Gasteiger partial charge in [0.1, 0.15) is 0 Å². The number of fused-ring (bicyclic) bond motifs is 2. The van der Waals surface area contributed by atoms with Gasteiger partial charge in [-0.2, -0.15) is 0 Å². The number of carbonyl (C=O) groups excluding carboxylic acids is 1. The molecule has 3 rings (SSSR count). The van der Waals surface area contributed by atoms with Gasteiger partial charge in [0.2, 0.25) is 5.91 Å². The van der Waals surface area contributed by atoms with Crippen LogP contribution in [0.3, 0.4) is 0 Å². The van der Waals surface area contributed by atoms with Gasteiger partial charge in [0.15, 0.2) is 0 Å². The molecule has 5 unspecified atom stereocenters. The molecular formula is C11H17NO. The molecule has 3 bridgehead atoms. The molecule has 0 radical (unpaired) electrons. The van der Waals surface area contributed by atoms with Gasteiger partial charge in [-0.15, -0.1) is 0 Å². The van der Waals surface area contributed by atoms with Crippen LogP contribution in [0.4, 0.5) is 0 Å². The van der Waals surface area contributed by atoms with Crippen molar-refractivity contribution in [1.82, 2.24) is 0 Å². The summed E-state index contributed by atoms with van der Waals surface area (Å²) >= 11 is 0. The van der Waals surface area contributed by atoms with E-state index >= 15 is 0 Å². The fourth-order valence-electron chi connectivity index (χ4n) is 4.28. The maximum Gasteiger partial charge on any atom is 0.220 e. The Morgan fingerprint density at radius 1 is 1.00 bits per heavy atom. The smallest absolute Gasteiger partial charge is 0.220 e. The molecule has 2 heteroatoms. The third-order valence-electron chi connectivity index (χ3n) is 4.62. The molecule has 0 aromatic rings. The number of primary amides is 1. The lowest BCUT2D eigenvalue weighted by Crippen LogP contribution is -2.37. The molecule has 72 valence electrons. The highest BCUT2D eigenvalue weighted by molar-refractivity contribution is 5.77. The Morgan fingerprint density at radius 3 is 2.38 bits per heavy atom. The lowest BCUT2D eigenvalue weighted by molar-refractivity contribution is -0.125. The first kappa shape index (κ1) is 7.84. The van der Waals surface area contributed by atoms with Crippen LogP contribution in [0.1, 0.15) is 32.1 Å². The number of rotatable bonds is 1. The van der Waals surface area contributed by atoms with E-state index in [1.54, 1.807) is 0 Å². The molecule has 0 saturated heterocycles. The molecule has 3 aliphatic rings. The Morgan fingerprint density at radius 2 is 1.69 bits per heavy atom. The van der Waals surface area contributed by atoms with Crippen molar-refractivity contribution in [3.63, 3.8) is 0 Å². The molecule has 13 heavy (non-hydrogen) atoms. The van der Waals surface area contributed by atoms with Crippen molar-refractivity contribution in [2.75, 3.05) is 0 Å². The Bertz CT molecular complexity index is 248. The minimum absolute atomic E-state index is 0.0257. The Labute approximate surface area is 78.9 Å². The van der Waals surface area contributed by atoms with Crippen molar-refractivity contribution >= 4 is 5.91 Å². The van der Waals surface area contributed by atoms with Crippen molar-refractivity contribution in [2.24, 2.45) is 35.3 Å². The average Bonchev–Trinajstić information content (AvgIpc) is 2.27. The monoisotopic (exact) mass is 179 g/mol. The van der Waals surface area contributed by atoms with Gasteiger partial charge in [-0.3, -0.25) is 4.79 Å². The van der Waals surface area contributed by atoms with Crippen LogP contribution >= 0.6 is 0 Å². The summed E-state index contributed by atoms with van der Waals surface area (Å²) in [5, 5.41) is 0. The van der Waals surface area contributed by atoms with Gasteiger partial charge in [0.05, 0.1) is 0 Å². The van der Waals surface area contributed by atoms with E-state index in [-0.39, 0.29) is 11.8 Å². The second-order valence-electron chi connectivity index (χ2n) is 5.34. The normalized spacial score (nSPS) is 52.5. The van der Waals surface area contributed by atoms with Crippen molar-refractivity contribution in [2.45, 2.75) is 32.1 Å². The summed E-state index contributed by atoms with van der Waals surface area (Å²) < 4.78 is 0. The summed E-state index contributed by atoms with van der Waals surface area (Å²) in [5.74, 6) is 3.51. The molecule has 0 heterocycles. The van der Waals surface area contributed by atoms with E-state index in [0.29, 0.717) is 5.92 Å². The number of hydrogen-bond donors (Lipinski definition) is 1. The van der Waals surface area contributed by atoms with Gasteiger partial charge in [-0.05, 0) is 55.8 Å². The topological polar surface area (TPSA) is 43.1 Å². The first-order valence-corrected chi connectivity index (χ1v) is 5.53. The number of hydrogen-bond acceptors (Lipinski definition) is 1. The molecule has 3 saturated carbocycles. The molecule has 2 N–H and O–H groups in total. The molecule has 3 aliphatic carbocycles. The minimum atomic E-state index is -0.0257. The second-order valence-corrected chi connectivity index (χ2v) is 5.34. The van der Waals surface area contributed by atoms with Gasteiger partial charge < -0.3 is 5.73 Å². The fraction of sp³-hybridized carbons (Fsp3) is 0.909. The average molecular weight is 179 g/mol. The summed E-state index contributed by atoms with van der Waals surface area (Å²) in [6.45, 7) is 0. The van der Waals surface area contributed by atoms with E-state index in [1.807, 2.05) is 0 Å². The maximum atomic E-state index is 11.3. The van der Waals surface area contributed by atoms with Crippen molar-refractivity contribution in [1.29, 1.82) is 0 Å². The van der Waals surface area contributed by atoms with Crippen LogP contribution in [-0.2, 0) is 4.79 Å². The summed E-state index contributed by atoms with van der Waals surface area (Å²) in [4.78, 5) is 11.3. The second kappa shape index (κ2) is 2.49. The standard InChI is InChI=1S/C11H17NO/c12-11(13)10-5-7-1-6-2-8(3-7)9(10)4-6/h6-10H,1-5H2,(H2,12,13). The quantitative estimate of drug-likeness (QED) is 0.652. The van der Waals surface area contributed by atoms with Crippen LogP contribution in [0.25, 0.3) is 0 Å². The highest BCUT2D eigenvalue weighted by atomic mass is 16.1. The number of carbonyl (C=O) groups is 1. The van der Waals surface area contributed by atoms with Gasteiger partial charge in [-0.25, -0.2) is 0 Å². The predicted octanol–water partition coefficient (Wildman–Crippen LogP) is 1.54. The van der Waals surface area contributed by atoms with Crippen LogP contribution in [0, 0.1) is 29.6 Å². The molecule has 3 fully saturated rings. The van der Waals surface area contributed by atoms with Gasteiger partial charge >= 0.3 is 0 Å². The van der Waals surface area contributed by atoms with Gasteiger partial charge in [-0.1, -0.05) is 0 Å². The summed E-state index contributed by atoms with van der Waals surface area (Å²) in [6.07, 6.45) is 6.58. The highest BCUT2D eigenvalue weighted by Gasteiger charge is 2.50. The van der Waals surface area contributed by atoms with Gasteiger partial charge in [0, 0.05) is 5.92 Å². The number of nitrogens with two attached hydrogens (primary N) is 1. The zero-order valence-corrected chi connectivity index (χ0v) is 7.91. The lowest BCUT2D eigenvalue weighted by Gasteiger charge is -2.38. The third-order valence-corrected chi connectivity index (χ3v) is 4.62. The summed E-state index contributed by atoms with van der Waals surface area (Å²) in [7, 11) is 0. The molecule has 0 aromatic carbocycles. The largest absolute Gasteiger partial charge is 0.369 e. The summed E-state index contributed by atoms with van der Waals surface area (Å²) in [5.41, 5.74) is 5.46. The molecule has 0 aliphatic heterocycles. The van der Waals surface area contributed by atoms with Crippen LogP contribution in [0.5, 0.6) is 0 Å². The molecule has 0 aromatic heterocycles. The van der Waals surface area contributed by atoms with Crippen LogP contribution in [0.15, 0.2) is 0 Å². The van der Waals surface area contributed by atoms with E-state index < -0.39 is 0 Å². The fourth-order valence-corrected chi connectivity index (χ4v) is 4.28.